The van der Waals surface area contributed by atoms with Crippen LogP contribution in [0.1, 0.15) is 32.1 Å². The Balaban J connectivity index is 1.29. The maximum atomic E-state index is 12.2. The molecule has 0 spiro atoms. The monoisotopic (exact) mass is 451 g/mol. The number of amides is 3. The first-order chi connectivity index (χ1) is 16.0. The lowest BCUT2D eigenvalue weighted by molar-refractivity contribution is -0.122. The Labute approximate surface area is 192 Å². The molecule has 1 heterocycles. The number of ether oxygens (including phenoxy) is 1. The lowest BCUT2D eigenvalue weighted by Gasteiger charge is -2.14. The standard InChI is InChI=1S/C24H29N5O4/c1-17(26-24(31)27-19-9-5-3-6-10-19)23(30)25-16-8-4-7-11-21-28-22(29-33-21)18-12-14-20(32-2)15-13-18/h3,5-6,9-10,12-15,17H,4,7-8,11,16H2,1-2H3,(H,25,30)(H2,26,27,31). The molecule has 0 saturated carbocycles. The number of nitrogens with zero attached hydrogens (tertiary/aromatic N) is 2. The van der Waals surface area contributed by atoms with Gasteiger partial charge in [0.1, 0.15) is 11.8 Å². The fraction of sp³-hybridized carbons (Fsp3) is 0.333. The molecule has 3 aromatic rings. The van der Waals surface area contributed by atoms with Crippen LogP contribution in [0.3, 0.4) is 0 Å². The van der Waals surface area contributed by atoms with E-state index in [0.29, 0.717) is 30.4 Å². The zero-order valence-corrected chi connectivity index (χ0v) is 18.8. The molecule has 3 amide bonds. The van der Waals surface area contributed by atoms with Crippen LogP contribution < -0.4 is 20.7 Å². The third kappa shape index (κ3) is 7.64. The number of nitrogens with one attached hydrogen (secondary N) is 3. The molecule has 1 unspecified atom stereocenters. The molecule has 1 atom stereocenters. The first-order valence-corrected chi connectivity index (χ1v) is 10.9. The van der Waals surface area contributed by atoms with Crippen LogP contribution in [0.25, 0.3) is 11.4 Å². The van der Waals surface area contributed by atoms with E-state index >= 15 is 0 Å². The third-order valence-corrected chi connectivity index (χ3v) is 4.96. The Morgan fingerprint density at radius 1 is 1.03 bits per heavy atom. The van der Waals surface area contributed by atoms with Gasteiger partial charge in [0.05, 0.1) is 7.11 Å². The van der Waals surface area contributed by atoms with Crippen LogP contribution in [0.2, 0.25) is 0 Å². The minimum atomic E-state index is -0.636. The summed E-state index contributed by atoms with van der Waals surface area (Å²) in [6, 6.07) is 15.5. The number of para-hydroxylation sites is 1. The number of urea groups is 1. The first-order valence-electron chi connectivity index (χ1n) is 10.9. The lowest BCUT2D eigenvalue weighted by atomic mass is 10.2. The summed E-state index contributed by atoms with van der Waals surface area (Å²) < 4.78 is 10.5. The molecule has 33 heavy (non-hydrogen) atoms. The maximum Gasteiger partial charge on any atom is 0.319 e. The number of hydrogen-bond acceptors (Lipinski definition) is 6. The molecule has 2 aromatic carbocycles. The Bertz CT molecular complexity index is 1020. The van der Waals surface area contributed by atoms with Crippen LogP contribution in [0.4, 0.5) is 10.5 Å². The topological polar surface area (TPSA) is 118 Å². The molecule has 1 aromatic heterocycles. The van der Waals surface area contributed by atoms with Crippen molar-refractivity contribution in [3.63, 3.8) is 0 Å². The van der Waals surface area contributed by atoms with E-state index in [1.54, 1.807) is 26.2 Å². The van der Waals surface area contributed by atoms with Gasteiger partial charge in [0.15, 0.2) is 0 Å². The molecule has 0 saturated heterocycles. The van der Waals surface area contributed by atoms with E-state index in [1.807, 2.05) is 42.5 Å². The lowest BCUT2D eigenvalue weighted by Crippen LogP contribution is -2.46. The van der Waals surface area contributed by atoms with E-state index in [0.717, 1.165) is 30.6 Å². The third-order valence-electron chi connectivity index (χ3n) is 4.96. The second-order valence-electron chi connectivity index (χ2n) is 7.53. The molecule has 0 bridgehead atoms. The summed E-state index contributed by atoms with van der Waals surface area (Å²) in [6.07, 6.45) is 3.26. The van der Waals surface area contributed by atoms with Gasteiger partial charge >= 0.3 is 6.03 Å². The first kappa shape index (κ1) is 23.8. The van der Waals surface area contributed by atoms with E-state index in [-0.39, 0.29) is 5.91 Å². The van der Waals surface area contributed by atoms with Gasteiger partial charge in [-0.15, -0.1) is 0 Å². The van der Waals surface area contributed by atoms with Gasteiger partial charge < -0.3 is 25.2 Å². The number of unbranched alkanes of at least 4 members (excludes halogenated alkanes) is 2. The molecule has 0 aliphatic rings. The van der Waals surface area contributed by atoms with Gasteiger partial charge in [-0.25, -0.2) is 4.79 Å². The zero-order valence-electron chi connectivity index (χ0n) is 18.8. The van der Waals surface area contributed by atoms with Crippen LogP contribution in [-0.2, 0) is 11.2 Å². The second kappa shape index (κ2) is 12.2. The van der Waals surface area contributed by atoms with E-state index in [1.165, 1.54) is 0 Å². The fourth-order valence-corrected chi connectivity index (χ4v) is 3.11. The van der Waals surface area contributed by atoms with Crippen LogP contribution >= 0.6 is 0 Å². The molecule has 0 aliphatic heterocycles. The largest absolute Gasteiger partial charge is 0.497 e. The van der Waals surface area contributed by atoms with E-state index in [9.17, 15) is 9.59 Å². The summed E-state index contributed by atoms with van der Waals surface area (Å²) in [4.78, 5) is 28.6. The highest BCUT2D eigenvalue weighted by atomic mass is 16.5. The molecular weight excluding hydrogens is 422 g/mol. The molecule has 3 rings (SSSR count). The zero-order chi connectivity index (χ0) is 23.5. The number of rotatable bonds is 11. The van der Waals surface area contributed by atoms with Gasteiger partial charge in [-0.2, -0.15) is 4.98 Å². The van der Waals surface area contributed by atoms with Crippen molar-refractivity contribution >= 4 is 17.6 Å². The van der Waals surface area contributed by atoms with Crippen LogP contribution in [-0.4, -0.2) is 41.8 Å². The van der Waals surface area contributed by atoms with Gasteiger partial charge in [-0.05, 0) is 56.2 Å². The van der Waals surface area contributed by atoms with Crippen LogP contribution in [0.5, 0.6) is 5.75 Å². The smallest absolute Gasteiger partial charge is 0.319 e. The minimum absolute atomic E-state index is 0.223. The molecule has 0 aliphatic carbocycles. The number of carbonyl (C=O) groups is 2. The average Bonchev–Trinajstić information content (AvgIpc) is 3.30. The van der Waals surface area contributed by atoms with E-state index in [4.69, 9.17) is 9.26 Å². The van der Waals surface area contributed by atoms with Gasteiger partial charge in [0.25, 0.3) is 0 Å². The Morgan fingerprint density at radius 2 is 1.79 bits per heavy atom. The van der Waals surface area contributed by atoms with Crippen molar-refractivity contribution in [3.05, 3.63) is 60.5 Å². The Morgan fingerprint density at radius 3 is 2.52 bits per heavy atom. The highest BCUT2D eigenvalue weighted by Gasteiger charge is 2.15. The fourth-order valence-electron chi connectivity index (χ4n) is 3.11. The molecule has 9 heteroatoms. The summed E-state index contributed by atoms with van der Waals surface area (Å²) in [7, 11) is 1.62. The Kier molecular flexibility index (Phi) is 8.81. The minimum Gasteiger partial charge on any atom is -0.497 e. The number of anilines is 1. The van der Waals surface area contributed by atoms with Crippen LogP contribution in [0, 0.1) is 0 Å². The predicted octanol–water partition coefficient (Wildman–Crippen LogP) is 3.78. The van der Waals surface area contributed by atoms with E-state index < -0.39 is 12.1 Å². The molecule has 0 radical (unpaired) electrons. The molecule has 174 valence electrons. The average molecular weight is 452 g/mol. The maximum absolute atomic E-state index is 12.2. The normalized spacial score (nSPS) is 11.5. The second-order valence-corrected chi connectivity index (χ2v) is 7.53. The van der Waals surface area contributed by atoms with Crippen molar-refractivity contribution in [1.29, 1.82) is 0 Å². The van der Waals surface area contributed by atoms with Crippen molar-refractivity contribution in [1.82, 2.24) is 20.8 Å². The Hall–Kier alpha value is -3.88. The highest BCUT2D eigenvalue weighted by Crippen LogP contribution is 2.20. The summed E-state index contributed by atoms with van der Waals surface area (Å²) >= 11 is 0. The molecule has 3 N–H and O–H groups in total. The number of carbonyl (C=O) groups excluding carboxylic acids is 2. The van der Waals surface area contributed by atoms with Crippen molar-refractivity contribution in [2.75, 3.05) is 19.0 Å². The predicted molar refractivity (Wildman–Crippen MR) is 125 cm³/mol. The van der Waals surface area contributed by atoms with Crippen molar-refractivity contribution in [2.45, 2.75) is 38.6 Å². The molecule has 9 nitrogen and oxygen atoms in total. The number of methoxy groups -OCH3 is 1. The summed E-state index contributed by atoms with van der Waals surface area (Å²) in [5.74, 6) is 1.69. The summed E-state index contributed by atoms with van der Waals surface area (Å²) in [5.41, 5.74) is 1.54. The van der Waals surface area contributed by atoms with Gasteiger partial charge in [0, 0.05) is 24.2 Å². The van der Waals surface area contributed by atoms with Crippen molar-refractivity contribution < 1.29 is 18.8 Å². The van der Waals surface area contributed by atoms with E-state index in [2.05, 4.69) is 26.1 Å². The summed E-state index contributed by atoms with van der Waals surface area (Å²) in [6.45, 7) is 2.18. The van der Waals surface area contributed by atoms with Crippen molar-refractivity contribution in [3.8, 4) is 17.1 Å². The molecule has 0 fully saturated rings. The SMILES string of the molecule is COc1ccc(-c2noc(CCCCCNC(=O)C(C)NC(=O)Nc3ccccc3)n2)cc1. The number of aryl methyl sites for hydroxylation is 1. The summed E-state index contributed by atoms with van der Waals surface area (Å²) in [5, 5.41) is 12.2. The van der Waals surface area contributed by atoms with Crippen LogP contribution in [0.15, 0.2) is 59.1 Å². The quantitative estimate of drug-likeness (QED) is 0.382. The van der Waals surface area contributed by atoms with Gasteiger partial charge in [-0.3, -0.25) is 4.79 Å². The number of aromatic nitrogens is 2. The highest BCUT2D eigenvalue weighted by molar-refractivity contribution is 5.93. The van der Waals surface area contributed by atoms with Crippen molar-refractivity contribution in [2.24, 2.45) is 0 Å². The van der Waals surface area contributed by atoms with Gasteiger partial charge in [0.2, 0.25) is 17.6 Å². The number of hydrogen-bond donors (Lipinski definition) is 3. The van der Waals surface area contributed by atoms with Gasteiger partial charge in [-0.1, -0.05) is 29.8 Å². The molecular formula is C24H29N5O4. The number of benzene rings is 2.